The van der Waals surface area contributed by atoms with Crippen molar-refractivity contribution in [1.29, 1.82) is 0 Å². The molecule has 1 aromatic carbocycles. The molecule has 2 atom stereocenters. The molecule has 1 aromatic heterocycles. The third kappa shape index (κ3) is 2.96. The summed E-state index contributed by atoms with van der Waals surface area (Å²) in [6.45, 7) is 3.09. The van der Waals surface area contributed by atoms with Crippen LogP contribution in [0.15, 0.2) is 30.6 Å². The van der Waals surface area contributed by atoms with Crippen molar-refractivity contribution in [2.75, 3.05) is 26.3 Å². The molecule has 2 aromatic rings. The van der Waals surface area contributed by atoms with E-state index in [4.69, 9.17) is 16.3 Å². The maximum atomic E-state index is 9.99. The lowest BCUT2D eigenvalue weighted by Crippen LogP contribution is -2.46. The Labute approximate surface area is 141 Å². The number of piperidine rings is 1. The molecule has 2 aliphatic heterocycles. The van der Waals surface area contributed by atoms with Crippen molar-refractivity contribution in [3.63, 3.8) is 0 Å². The quantitative estimate of drug-likeness (QED) is 0.918. The monoisotopic (exact) mass is 332 g/mol. The lowest BCUT2D eigenvalue weighted by Gasteiger charge is -2.36. The molecule has 2 aliphatic rings. The highest BCUT2D eigenvalue weighted by molar-refractivity contribution is 6.32. The molecule has 0 saturated carbocycles. The molecule has 0 spiro atoms. The number of halogens is 1. The van der Waals surface area contributed by atoms with Crippen molar-refractivity contribution >= 4 is 22.4 Å². The van der Waals surface area contributed by atoms with E-state index >= 15 is 0 Å². The van der Waals surface area contributed by atoms with Gasteiger partial charge in [0.2, 0.25) is 0 Å². The maximum absolute atomic E-state index is 9.99. The van der Waals surface area contributed by atoms with Gasteiger partial charge in [-0.2, -0.15) is 0 Å². The number of aliphatic hydroxyl groups excluding tert-OH is 1. The van der Waals surface area contributed by atoms with Gasteiger partial charge in [-0.1, -0.05) is 11.6 Å². The summed E-state index contributed by atoms with van der Waals surface area (Å²) < 4.78 is 5.38. The van der Waals surface area contributed by atoms with Crippen LogP contribution in [0.4, 0.5) is 0 Å². The highest BCUT2D eigenvalue weighted by atomic mass is 35.5. The van der Waals surface area contributed by atoms with E-state index in [9.17, 15) is 5.11 Å². The van der Waals surface area contributed by atoms with Crippen molar-refractivity contribution < 1.29 is 9.84 Å². The molecular weight excluding hydrogens is 312 g/mol. The van der Waals surface area contributed by atoms with Crippen LogP contribution in [0.5, 0.6) is 0 Å². The number of aliphatic hydroxyl groups is 1. The average Bonchev–Trinajstić information content (AvgIpc) is 3.00. The van der Waals surface area contributed by atoms with E-state index in [1.54, 1.807) is 0 Å². The van der Waals surface area contributed by atoms with Crippen LogP contribution in [0.25, 0.3) is 10.8 Å². The standard InChI is InChI=1S/C18H21ClN2O2/c19-16-8-14-9-20-4-1-13(14)7-15(16)12-2-5-21(6-3-12)17-10-23-11-18(17)22/h1,4,7-9,12,17-18,22H,2-3,5-6,10-11H2/t17-,18+/m1/s1. The van der Waals surface area contributed by atoms with Gasteiger partial charge in [0.05, 0.1) is 25.4 Å². The van der Waals surface area contributed by atoms with Gasteiger partial charge >= 0.3 is 0 Å². The molecule has 0 bridgehead atoms. The van der Waals surface area contributed by atoms with Crippen LogP contribution in [0, 0.1) is 0 Å². The van der Waals surface area contributed by atoms with Crippen molar-refractivity contribution in [2.24, 2.45) is 0 Å². The number of ether oxygens (including phenoxy) is 1. The Bertz CT molecular complexity index is 700. The van der Waals surface area contributed by atoms with Crippen LogP contribution in [0.3, 0.4) is 0 Å². The molecule has 122 valence electrons. The van der Waals surface area contributed by atoms with Gasteiger partial charge in [-0.3, -0.25) is 9.88 Å². The molecule has 3 heterocycles. The van der Waals surface area contributed by atoms with Crippen LogP contribution in [-0.2, 0) is 4.74 Å². The van der Waals surface area contributed by atoms with Gasteiger partial charge in [0.25, 0.3) is 0 Å². The predicted molar refractivity (Wildman–Crippen MR) is 90.9 cm³/mol. The molecule has 0 radical (unpaired) electrons. The first-order chi connectivity index (χ1) is 11.2. The number of fused-ring (bicyclic) bond motifs is 1. The topological polar surface area (TPSA) is 45.6 Å². The Hall–Kier alpha value is -1.20. The first kappa shape index (κ1) is 15.3. The Kier molecular flexibility index (Phi) is 4.24. The molecule has 4 nitrogen and oxygen atoms in total. The molecule has 23 heavy (non-hydrogen) atoms. The van der Waals surface area contributed by atoms with Crippen molar-refractivity contribution in [1.82, 2.24) is 9.88 Å². The summed E-state index contributed by atoms with van der Waals surface area (Å²) in [7, 11) is 0. The van der Waals surface area contributed by atoms with Crippen molar-refractivity contribution in [2.45, 2.75) is 30.9 Å². The third-order valence-electron chi connectivity index (χ3n) is 5.22. The zero-order valence-electron chi connectivity index (χ0n) is 13.0. The number of pyridine rings is 1. The number of aromatic nitrogens is 1. The second-order valence-electron chi connectivity index (χ2n) is 6.58. The van der Waals surface area contributed by atoms with E-state index < -0.39 is 0 Å². The molecule has 2 saturated heterocycles. The molecule has 1 N–H and O–H groups in total. The minimum absolute atomic E-state index is 0.161. The number of benzene rings is 1. The fraction of sp³-hybridized carbons (Fsp3) is 0.500. The Morgan fingerprint density at radius 2 is 2.00 bits per heavy atom. The Morgan fingerprint density at radius 1 is 1.17 bits per heavy atom. The van der Waals surface area contributed by atoms with Crippen LogP contribution in [0.2, 0.25) is 5.02 Å². The van der Waals surface area contributed by atoms with Crippen molar-refractivity contribution in [3.05, 3.63) is 41.2 Å². The second-order valence-corrected chi connectivity index (χ2v) is 6.99. The fourth-order valence-electron chi connectivity index (χ4n) is 3.86. The molecule has 0 unspecified atom stereocenters. The summed E-state index contributed by atoms with van der Waals surface area (Å²) >= 11 is 6.52. The summed E-state index contributed by atoms with van der Waals surface area (Å²) in [6.07, 6.45) is 5.47. The highest BCUT2D eigenvalue weighted by Gasteiger charge is 2.34. The molecule has 0 aliphatic carbocycles. The zero-order valence-corrected chi connectivity index (χ0v) is 13.7. The van der Waals surface area contributed by atoms with Gasteiger partial charge in [-0.15, -0.1) is 0 Å². The summed E-state index contributed by atoms with van der Waals surface area (Å²) in [5, 5.41) is 13.1. The average molecular weight is 333 g/mol. The van der Waals surface area contributed by atoms with E-state index in [1.165, 1.54) is 10.9 Å². The molecule has 0 amide bonds. The molecule has 4 rings (SSSR count). The lowest BCUT2D eigenvalue weighted by molar-refractivity contribution is 0.0663. The number of likely N-dealkylation sites (tertiary alicyclic amines) is 1. The van der Waals surface area contributed by atoms with Gasteiger partial charge in [0, 0.05) is 22.8 Å². The Balaban J connectivity index is 1.51. The van der Waals surface area contributed by atoms with Crippen LogP contribution < -0.4 is 0 Å². The number of hydrogen-bond donors (Lipinski definition) is 1. The van der Waals surface area contributed by atoms with E-state index in [0.29, 0.717) is 19.1 Å². The minimum Gasteiger partial charge on any atom is -0.389 e. The highest BCUT2D eigenvalue weighted by Crippen LogP contribution is 2.36. The number of rotatable bonds is 2. The van der Waals surface area contributed by atoms with Crippen molar-refractivity contribution in [3.8, 4) is 0 Å². The molecule has 2 fully saturated rings. The van der Waals surface area contributed by atoms with Gasteiger partial charge in [-0.25, -0.2) is 0 Å². The number of nitrogens with zero attached hydrogens (tertiary/aromatic N) is 2. The minimum atomic E-state index is -0.344. The number of hydrogen-bond acceptors (Lipinski definition) is 4. The summed E-state index contributed by atoms with van der Waals surface area (Å²) in [4.78, 5) is 6.52. The summed E-state index contributed by atoms with van der Waals surface area (Å²) in [5.74, 6) is 0.482. The first-order valence-electron chi connectivity index (χ1n) is 8.25. The first-order valence-corrected chi connectivity index (χ1v) is 8.63. The van der Waals surface area contributed by atoms with Crippen LogP contribution >= 0.6 is 11.6 Å². The lowest BCUT2D eigenvalue weighted by atomic mass is 9.87. The van der Waals surface area contributed by atoms with E-state index in [0.717, 1.165) is 36.3 Å². The largest absolute Gasteiger partial charge is 0.389 e. The van der Waals surface area contributed by atoms with Gasteiger partial charge in [-0.05, 0) is 61.0 Å². The van der Waals surface area contributed by atoms with E-state index in [1.807, 2.05) is 24.5 Å². The van der Waals surface area contributed by atoms with Gasteiger partial charge in [0.15, 0.2) is 0 Å². The second kappa shape index (κ2) is 6.36. The summed E-state index contributed by atoms with van der Waals surface area (Å²) in [5.41, 5.74) is 1.24. The normalized spacial score (nSPS) is 26.9. The Morgan fingerprint density at radius 3 is 2.74 bits per heavy atom. The molecular formula is C18H21ClN2O2. The van der Waals surface area contributed by atoms with E-state index in [2.05, 4.69) is 16.0 Å². The summed E-state index contributed by atoms with van der Waals surface area (Å²) in [6, 6.07) is 6.44. The third-order valence-corrected chi connectivity index (χ3v) is 5.54. The van der Waals surface area contributed by atoms with Gasteiger partial charge in [0.1, 0.15) is 0 Å². The smallest absolute Gasteiger partial charge is 0.0950 e. The predicted octanol–water partition coefficient (Wildman–Crippen LogP) is 2.83. The maximum Gasteiger partial charge on any atom is 0.0950 e. The fourth-order valence-corrected chi connectivity index (χ4v) is 4.19. The van der Waals surface area contributed by atoms with Gasteiger partial charge < -0.3 is 9.84 Å². The molecule has 5 heteroatoms. The van der Waals surface area contributed by atoms with Crippen LogP contribution in [0.1, 0.15) is 24.3 Å². The SMILES string of the molecule is O[C@H]1COC[C@H]1N1CCC(c2cc3ccncc3cc2Cl)CC1. The van der Waals surface area contributed by atoms with Crippen LogP contribution in [-0.4, -0.2) is 53.4 Å². The van der Waals surface area contributed by atoms with E-state index in [-0.39, 0.29) is 12.1 Å². The zero-order chi connectivity index (χ0) is 15.8.